The third-order valence-corrected chi connectivity index (χ3v) is 3.11. The van der Waals surface area contributed by atoms with Crippen molar-refractivity contribution in [1.29, 1.82) is 0 Å². The molecular weight excluding hydrogens is 208 g/mol. The summed E-state index contributed by atoms with van der Waals surface area (Å²) in [6.45, 7) is 2.46. The summed E-state index contributed by atoms with van der Waals surface area (Å²) in [5, 5.41) is 9.06. The fraction of sp³-hybridized carbons (Fsp3) is 0.455. The van der Waals surface area contributed by atoms with Gasteiger partial charge in [-0.15, -0.1) is 0 Å². The van der Waals surface area contributed by atoms with Gasteiger partial charge in [0.05, 0.1) is 5.41 Å². The van der Waals surface area contributed by atoms with Gasteiger partial charge in [0.1, 0.15) is 5.69 Å². The monoisotopic (exact) mass is 222 g/mol. The van der Waals surface area contributed by atoms with Crippen LogP contribution in [0.25, 0.3) is 0 Å². The average molecular weight is 222 g/mol. The number of H-pyrrole nitrogens is 1. The van der Waals surface area contributed by atoms with Crippen LogP contribution in [0.15, 0.2) is 18.3 Å². The predicted molar refractivity (Wildman–Crippen MR) is 57.1 cm³/mol. The van der Waals surface area contributed by atoms with Crippen molar-refractivity contribution >= 4 is 11.9 Å². The van der Waals surface area contributed by atoms with E-state index in [0.29, 0.717) is 18.7 Å². The van der Waals surface area contributed by atoms with Crippen LogP contribution in [-0.4, -0.2) is 40.0 Å². The maximum Gasteiger partial charge on any atom is 0.311 e. The van der Waals surface area contributed by atoms with Crippen molar-refractivity contribution in [3.8, 4) is 0 Å². The zero-order valence-electron chi connectivity index (χ0n) is 9.06. The zero-order valence-corrected chi connectivity index (χ0v) is 9.06. The van der Waals surface area contributed by atoms with Gasteiger partial charge >= 0.3 is 5.97 Å². The first-order chi connectivity index (χ1) is 7.53. The Hall–Kier alpha value is -1.78. The van der Waals surface area contributed by atoms with E-state index in [2.05, 4.69) is 4.98 Å². The number of aliphatic carboxylic acids is 1. The Bertz CT molecular complexity index is 413. The summed E-state index contributed by atoms with van der Waals surface area (Å²) in [6, 6.07) is 3.44. The largest absolute Gasteiger partial charge is 0.481 e. The molecule has 1 aromatic heterocycles. The molecule has 0 radical (unpaired) electrons. The van der Waals surface area contributed by atoms with Crippen molar-refractivity contribution in [3.05, 3.63) is 24.0 Å². The minimum atomic E-state index is -0.839. The summed E-state index contributed by atoms with van der Waals surface area (Å²) in [4.78, 5) is 27.4. The van der Waals surface area contributed by atoms with Crippen LogP contribution in [0.3, 0.4) is 0 Å². The highest BCUT2D eigenvalue weighted by Gasteiger charge is 2.42. The Labute approximate surface area is 93.1 Å². The first-order valence-corrected chi connectivity index (χ1v) is 5.19. The molecule has 5 heteroatoms. The molecule has 1 fully saturated rings. The Morgan fingerprint density at radius 3 is 2.81 bits per heavy atom. The van der Waals surface area contributed by atoms with Gasteiger partial charge in [0, 0.05) is 19.3 Å². The number of hydrogen-bond acceptors (Lipinski definition) is 2. The normalized spacial score (nSPS) is 24.7. The second-order valence-corrected chi connectivity index (χ2v) is 4.43. The second kappa shape index (κ2) is 3.66. The van der Waals surface area contributed by atoms with Crippen LogP contribution in [-0.2, 0) is 4.79 Å². The van der Waals surface area contributed by atoms with E-state index in [1.165, 1.54) is 0 Å². The van der Waals surface area contributed by atoms with E-state index < -0.39 is 11.4 Å². The Morgan fingerprint density at radius 1 is 1.56 bits per heavy atom. The number of rotatable bonds is 2. The molecule has 1 saturated heterocycles. The third-order valence-electron chi connectivity index (χ3n) is 3.11. The zero-order chi connectivity index (χ0) is 11.8. The van der Waals surface area contributed by atoms with Crippen molar-refractivity contribution in [3.63, 3.8) is 0 Å². The van der Waals surface area contributed by atoms with E-state index >= 15 is 0 Å². The summed E-state index contributed by atoms with van der Waals surface area (Å²) >= 11 is 0. The van der Waals surface area contributed by atoms with Gasteiger partial charge in [-0.2, -0.15) is 0 Å². The van der Waals surface area contributed by atoms with Gasteiger partial charge in [0.15, 0.2) is 0 Å². The highest BCUT2D eigenvalue weighted by Crippen LogP contribution is 2.30. The summed E-state index contributed by atoms with van der Waals surface area (Å²) in [5.74, 6) is -0.968. The van der Waals surface area contributed by atoms with Crippen LogP contribution in [0.2, 0.25) is 0 Å². The van der Waals surface area contributed by atoms with Gasteiger partial charge in [0.25, 0.3) is 5.91 Å². The predicted octanol–water partition coefficient (Wildman–Crippen LogP) is 0.952. The maximum absolute atomic E-state index is 11.9. The molecule has 2 rings (SSSR count). The van der Waals surface area contributed by atoms with E-state index in [1.807, 2.05) is 0 Å². The van der Waals surface area contributed by atoms with Gasteiger partial charge in [0.2, 0.25) is 0 Å². The number of hydrogen-bond donors (Lipinski definition) is 2. The number of nitrogens with zero attached hydrogens (tertiary/aromatic N) is 1. The van der Waals surface area contributed by atoms with Crippen LogP contribution < -0.4 is 0 Å². The molecule has 1 aromatic rings. The molecule has 0 bridgehead atoms. The molecule has 1 amide bonds. The lowest BCUT2D eigenvalue weighted by Gasteiger charge is -2.19. The molecule has 1 aliphatic heterocycles. The van der Waals surface area contributed by atoms with Gasteiger partial charge in [-0.3, -0.25) is 9.59 Å². The number of carboxylic acids is 1. The van der Waals surface area contributed by atoms with Gasteiger partial charge in [-0.1, -0.05) is 0 Å². The maximum atomic E-state index is 11.9. The van der Waals surface area contributed by atoms with Crippen LogP contribution in [0.4, 0.5) is 0 Å². The van der Waals surface area contributed by atoms with E-state index in [9.17, 15) is 9.59 Å². The molecule has 0 aliphatic carbocycles. The van der Waals surface area contributed by atoms with E-state index in [0.717, 1.165) is 0 Å². The molecule has 1 atom stereocenters. The number of nitrogens with one attached hydrogen (secondary N) is 1. The smallest absolute Gasteiger partial charge is 0.311 e. The number of carbonyl (C=O) groups excluding carboxylic acids is 1. The van der Waals surface area contributed by atoms with Crippen LogP contribution >= 0.6 is 0 Å². The van der Waals surface area contributed by atoms with Crippen LogP contribution in [0, 0.1) is 5.41 Å². The molecule has 1 aliphatic rings. The summed E-state index contributed by atoms with van der Waals surface area (Å²) in [6.07, 6.45) is 2.19. The van der Waals surface area contributed by atoms with Crippen molar-refractivity contribution in [1.82, 2.24) is 9.88 Å². The van der Waals surface area contributed by atoms with Crippen molar-refractivity contribution < 1.29 is 14.7 Å². The lowest BCUT2D eigenvalue weighted by atomic mass is 9.90. The highest BCUT2D eigenvalue weighted by molar-refractivity contribution is 5.93. The number of amides is 1. The molecule has 0 spiro atoms. The van der Waals surface area contributed by atoms with Gasteiger partial charge in [-0.05, 0) is 25.5 Å². The van der Waals surface area contributed by atoms with E-state index in [4.69, 9.17) is 5.11 Å². The molecule has 2 heterocycles. The first kappa shape index (κ1) is 10.7. The minimum Gasteiger partial charge on any atom is -0.481 e. The number of carbonyl (C=O) groups is 2. The summed E-state index contributed by atoms with van der Waals surface area (Å²) in [7, 11) is 0. The second-order valence-electron chi connectivity index (χ2n) is 4.43. The molecule has 86 valence electrons. The molecule has 0 aromatic carbocycles. The van der Waals surface area contributed by atoms with Crippen molar-refractivity contribution in [2.45, 2.75) is 13.3 Å². The molecular formula is C11H14N2O3. The van der Waals surface area contributed by atoms with E-state index in [1.54, 1.807) is 30.2 Å². The number of aromatic nitrogens is 1. The average Bonchev–Trinajstić information content (AvgIpc) is 2.85. The van der Waals surface area contributed by atoms with Crippen LogP contribution in [0.1, 0.15) is 23.8 Å². The standard InChI is InChI=1S/C11H14N2O3/c1-11(10(15)16)4-6-13(7-11)9(14)8-3-2-5-12-8/h2-3,5,12H,4,6-7H2,1H3,(H,15,16). The quantitative estimate of drug-likeness (QED) is 0.782. The molecule has 0 saturated carbocycles. The molecule has 2 N–H and O–H groups in total. The number of carboxylic acid groups (broad SMARTS) is 1. The molecule has 5 nitrogen and oxygen atoms in total. The summed E-state index contributed by atoms with van der Waals surface area (Å²) in [5.41, 5.74) is -0.294. The van der Waals surface area contributed by atoms with Gasteiger partial charge < -0.3 is 15.0 Å². The lowest BCUT2D eigenvalue weighted by Crippen LogP contribution is -2.34. The van der Waals surface area contributed by atoms with E-state index in [-0.39, 0.29) is 12.5 Å². The lowest BCUT2D eigenvalue weighted by molar-refractivity contribution is -0.147. The van der Waals surface area contributed by atoms with Crippen molar-refractivity contribution in [2.75, 3.05) is 13.1 Å². The summed E-state index contributed by atoms with van der Waals surface area (Å²) < 4.78 is 0. The van der Waals surface area contributed by atoms with Crippen LogP contribution in [0.5, 0.6) is 0 Å². The number of aromatic amines is 1. The fourth-order valence-corrected chi connectivity index (χ4v) is 1.94. The first-order valence-electron chi connectivity index (χ1n) is 5.19. The number of likely N-dealkylation sites (tertiary alicyclic amines) is 1. The fourth-order valence-electron chi connectivity index (χ4n) is 1.94. The highest BCUT2D eigenvalue weighted by atomic mass is 16.4. The Balaban J connectivity index is 2.10. The Morgan fingerprint density at radius 2 is 2.31 bits per heavy atom. The topological polar surface area (TPSA) is 73.4 Å². The van der Waals surface area contributed by atoms with Crippen molar-refractivity contribution in [2.24, 2.45) is 5.41 Å². The Kier molecular flexibility index (Phi) is 2.46. The molecule has 1 unspecified atom stereocenters. The molecule has 16 heavy (non-hydrogen) atoms. The van der Waals surface area contributed by atoms with Gasteiger partial charge in [-0.25, -0.2) is 0 Å². The third kappa shape index (κ3) is 1.68. The SMILES string of the molecule is CC1(C(=O)O)CCN(C(=O)c2ccc[nH]2)C1. The minimum absolute atomic E-state index is 0.130.